The van der Waals surface area contributed by atoms with Crippen LogP contribution >= 0.6 is 0 Å². The molecule has 0 aromatic heterocycles. The van der Waals surface area contributed by atoms with E-state index in [2.05, 4.69) is 31.3 Å². The summed E-state index contributed by atoms with van der Waals surface area (Å²) < 4.78 is 0. The van der Waals surface area contributed by atoms with Gasteiger partial charge >= 0.3 is 0 Å². The van der Waals surface area contributed by atoms with Crippen LogP contribution in [0.5, 0.6) is 0 Å². The maximum atomic E-state index is 5.53. The van der Waals surface area contributed by atoms with Crippen molar-refractivity contribution in [1.29, 1.82) is 0 Å². The van der Waals surface area contributed by atoms with E-state index in [-0.39, 0.29) is 0 Å². The molecule has 2 bridgehead atoms. The van der Waals surface area contributed by atoms with Gasteiger partial charge < -0.3 is 9.74 Å². The minimum atomic E-state index is 0.581. The van der Waals surface area contributed by atoms with E-state index >= 15 is 0 Å². The van der Waals surface area contributed by atoms with Crippen molar-refractivity contribution in [2.24, 2.45) is 5.92 Å². The zero-order valence-electron chi connectivity index (χ0n) is 10.2. The molecule has 2 atom stereocenters. The van der Waals surface area contributed by atoms with Crippen molar-refractivity contribution in [2.75, 3.05) is 13.7 Å². The van der Waals surface area contributed by atoms with Gasteiger partial charge in [0, 0.05) is 18.1 Å². The van der Waals surface area contributed by atoms with E-state index in [1.807, 2.05) is 0 Å². The van der Waals surface area contributed by atoms with E-state index in [9.17, 15) is 0 Å². The van der Waals surface area contributed by atoms with Crippen LogP contribution in [0.4, 0.5) is 0 Å². The van der Waals surface area contributed by atoms with Crippen LogP contribution < -0.4 is 5.48 Å². The Balaban J connectivity index is 1.72. The second-order valence-electron chi connectivity index (χ2n) is 5.54. The Morgan fingerprint density at radius 3 is 2.40 bits per heavy atom. The first kappa shape index (κ1) is 11.4. The quantitative estimate of drug-likeness (QED) is 0.719. The Hall–Kier alpha value is -0.120. The fourth-order valence-corrected chi connectivity index (χ4v) is 2.84. The molecule has 0 aromatic rings. The van der Waals surface area contributed by atoms with Gasteiger partial charge in [-0.05, 0) is 38.6 Å². The van der Waals surface area contributed by atoms with Gasteiger partial charge in [-0.3, -0.25) is 0 Å². The number of piperidine rings is 1. The molecule has 1 N–H and O–H groups in total. The molecule has 15 heavy (non-hydrogen) atoms. The Morgan fingerprint density at radius 1 is 1.27 bits per heavy atom. The summed E-state index contributed by atoms with van der Waals surface area (Å²) in [4.78, 5) is 8.08. The minimum Gasteiger partial charge on any atom is -0.301 e. The van der Waals surface area contributed by atoms with Crippen LogP contribution in [-0.2, 0) is 4.84 Å². The van der Waals surface area contributed by atoms with Crippen molar-refractivity contribution in [1.82, 2.24) is 10.4 Å². The van der Waals surface area contributed by atoms with Gasteiger partial charge in [-0.15, -0.1) is 0 Å². The van der Waals surface area contributed by atoms with Gasteiger partial charge in [-0.25, -0.2) is 0 Å². The van der Waals surface area contributed by atoms with Crippen molar-refractivity contribution in [2.45, 2.75) is 57.7 Å². The molecule has 2 saturated heterocycles. The molecule has 0 amide bonds. The molecule has 2 aliphatic rings. The van der Waals surface area contributed by atoms with Crippen molar-refractivity contribution in [3.63, 3.8) is 0 Å². The highest BCUT2D eigenvalue weighted by molar-refractivity contribution is 4.95. The monoisotopic (exact) mass is 212 g/mol. The first-order chi connectivity index (χ1) is 7.16. The van der Waals surface area contributed by atoms with E-state index in [1.165, 1.54) is 25.7 Å². The molecule has 2 unspecified atom stereocenters. The average molecular weight is 212 g/mol. The standard InChI is InChI=1S/C12H24N2O/c1-9(2)8-15-13-10-6-11-4-5-12(7-10)14(11)3/h9-13H,4-8H2,1-3H3. The lowest BCUT2D eigenvalue weighted by Gasteiger charge is -2.36. The summed E-state index contributed by atoms with van der Waals surface area (Å²) in [5.41, 5.74) is 3.25. The first-order valence-corrected chi connectivity index (χ1v) is 6.26. The van der Waals surface area contributed by atoms with Crippen LogP contribution in [-0.4, -0.2) is 36.7 Å². The predicted octanol–water partition coefficient (Wildman–Crippen LogP) is 1.79. The third kappa shape index (κ3) is 2.71. The van der Waals surface area contributed by atoms with Crippen LogP contribution in [0.25, 0.3) is 0 Å². The summed E-state index contributed by atoms with van der Waals surface area (Å²) in [6.07, 6.45) is 5.27. The molecule has 2 fully saturated rings. The Labute approximate surface area is 93.1 Å². The molecular weight excluding hydrogens is 188 g/mol. The Kier molecular flexibility index (Phi) is 3.65. The van der Waals surface area contributed by atoms with Crippen LogP contribution in [0.1, 0.15) is 39.5 Å². The van der Waals surface area contributed by atoms with Crippen LogP contribution in [0, 0.1) is 5.92 Å². The molecular formula is C12H24N2O. The highest BCUT2D eigenvalue weighted by Gasteiger charge is 2.38. The van der Waals surface area contributed by atoms with Crippen molar-refractivity contribution < 1.29 is 4.84 Å². The Bertz CT molecular complexity index is 194. The fourth-order valence-electron chi connectivity index (χ4n) is 2.84. The normalized spacial score (nSPS) is 36.4. The minimum absolute atomic E-state index is 0.581. The topological polar surface area (TPSA) is 24.5 Å². The van der Waals surface area contributed by atoms with Gasteiger partial charge in [0.1, 0.15) is 0 Å². The maximum absolute atomic E-state index is 5.53. The van der Waals surface area contributed by atoms with Crippen molar-refractivity contribution >= 4 is 0 Å². The summed E-state index contributed by atoms with van der Waals surface area (Å²) >= 11 is 0. The van der Waals surface area contributed by atoms with E-state index < -0.39 is 0 Å². The SMILES string of the molecule is CC(C)CONC1CC2CCC(C1)N2C. The molecule has 88 valence electrons. The summed E-state index contributed by atoms with van der Waals surface area (Å²) in [6, 6.07) is 2.17. The molecule has 3 heteroatoms. The number of hydrogen-bond donors (Lipinski definition) is 1. The fraction of sp³-hybridized carbons (Fsp3) is 1.00. The summed E-state index contributed by atoms with van der Waals surface area (Å²) in [7, 11) is 2.27. The van der Waals surface area contributed by atoms with Gasteiger partial charge in [-0.2, -0.15) is 5.48 Å². The summed E-state index contributed by atoms with van der Waals surface area (Å²) in [5, 5.41) is 0. The molecule has 3 nitrogen and oxygen atoms in total. The molecule has 2 aliphatic heterocycles. The molecule has 2 heterocycles. The van der Waals surface area contributed by atoms with Crippen molar-refractivity contribution in [3.8, 4) is 0 Å². The molecule has 2 rings (SSSR count). The Morgan fingerprint density at radius 2 is 1.87 bits per heavy atom. The van der Waals surface area contributed by atoms with Crippen LogP contribution in [0.3, 0.4) is 0 Å². The molecule has 0 saturated carbocycles. The summed E-state index contributed by atoms with van der Waals surface area (Å²) in [5.74, 6) is 0.612. The number of nitrogens with one attached hydrogen (secondary N) is 1. The molecule has 0 radical (unpaired) electrons. The predicted molar refractivity (Wildman–Crippen MR) is 61.5 cm³/mol. The van der Waals surface area contributed by atoms with Crippen LogP contribution in [0.2, 0.25) is 0 Å². The molecule has 0 aromatic carbocycles. The second kappa shape index (κ2) is 4.81. The lowest BCUT2D eigenvalue weighted by molar-refractivity contribution is -0.0214. The van der Waals surface area contributed by atoms with E-state index in [0.29, 0.717) is 12.0 Å². The van der Waals surface area contributed by atoms with Gasteiger partial charge in [-0.1, -0.05) is 13.8 Å². The number of nitrogens with zero attached hydrogens (tertiary/aromatic N) is 1. The number of hydroxylamine groups is 1. The van der Waals surface area contributed by atoms with E-state index in [1.54, 1.807) is 0 Å². The highest BCUT2D eigenvalue weighted by atomic mass is 16.6. The average Bonchev–Trinajstić information content (AvgIpc) is 2.42. The lowest BCUT2D eigenvalue weighted by atomic mass is 9.99. The zero-order chi connectivity index (χ0) is 10.8. The third-order valence-electron chi connectivity index (χ3n) is 3.76. The third-order valence-corrected chi connectivity index (χ3v) is 3.76. The number of fused-ring (bicyclic) bond motifs is 2. The molecule has 0 spiro atoms. The lowest BCUT2D eigenvalue weighted by Crippen LogP contribution is -2.47. The summed E-state index contributed by atoms with van der Waals surface area (Å²) in [6.45, 7) is 5.18. The molecule has 0 aliphatic carbocycles. The van der Waals surface area contributed by atoms with Gasteiger partial charge in [0.15, 0.2) is 0 Å². The number of rotatable bonds is 4. The number of hydrogen-bond acceptors (Lipinski definition) is 3. The van der Waals surface area contributed by atoms with E-state index in [0.717, 1.165) is 18.7 Å². The maximum Gasteiger partial charge on any atom is 0.0705 e. The second-order valence-corrected chi connectivity index (χ2v) is 5.54. The van der Waals surface area contributed by atoms with Gasteiger partial charge in [0.25, 0.3) is 0 Å². The van der Waals surface area contributed by atoms with Gasteiger partial charge in [0.05, 0.1) is 6.61 Å². The zero-order valence-corrected chi connectivity index (χ0v) is 10.2. The van der Waals surface area contributed by atoms with Crippen LogP contribution in [0.15, 0.2) is 0 Å². The first-order valence-electron chi connectivity index (χ1n) is 6.26. The van der Waals surface area contributed by atoms with Crippen molar-refractivity contribution in [3.05, 3.63) is 0 Å². The van der Waals surface area contributed by atoms with Gasteiger partial charge in [0.2, 0.25) is 0 Å². The highest BCUT2D eigenvalue weighted by Crippen LogP contribution is 2.34. The van der Waals surface area contributed by atoms with E-state index in [4.69, 9.17) is 4.84 Å². The largest absolute Gasteiger partial charge is 0.301 e. The smallest absolute Gasteiger partial charge is 0.0705 e.